The number of carbonyl (C=O) groups is 3. The lowest BCUT2D eigenvalue weighted by molar-refractivity contribution is -0.141. The van der Waals surface area contributed by atoms with Crippen LogP contribution in [0.2, 0.25) is 0 Å². The van der Waals surface area contributed by atoms with Crippen molar-refractivity contribution < 1.29 is 27.9 Å². The molecule has 0 rings (SSSR count). The topological polar surface area (TPSA) is 144 Å². The van der Waals surface area contributed by atoms with Crippen LogP contribution in [-0.4, -0.2) is 49.4 Å². The third kappa shape index (κ3) is 8.20. The number of carbonyl (C=O) groups excluding carboxylic acids is 2. The number of rotatable bonds is 7. The van der Waals surface area contributed by atoms with Gasteiger partial charge in [-0.1, -0.05) is 0 Å². The Morgan fingerprint density at radius 1 is 1.35 bits per heavy atom. The lowest BCUT2D eigenvalue weighted by atomic mass is 10.1. The van der Waals surface area contributed by atoms with Crippen molar-refractivity contribution >= 4 is 27.6 Å². The minimum atomic E-state index is -3.52. The highest BCUT2D eigenvalue weighted by molar-refractivity contribution is 7.91. The van der Waals surface area contributed by atoms with E-state index in [0.29, 0.717) is 0 Å². The van der Waals surface area contributed by atoms with E-state index in [4.69, 9.17) is 10.8 Å². The predicted octanol–water partition coefficient (Wildman–Crippen LogP) is -2.13. The van der Waals surface area contributed by atoms with Gasteiger partial charge in [0.25, 0.3) is 0 Å². The van der Waals surface area contributed by atoms with E-state index in [9.17, 15) is 22.8 Å². The summed E-state index contributed by atoms with van der Waals surface area (Å²) in [4.78, 5) is 32.3. The van der Waals surface area contributed by atoms with Crippen LogP contribution in [0, 0.1) is 0 Å². The molecule has 0 saturated heterocycles. The van der Waals surface area contributed by atoms with Crippen LogP contribution in [0.5, 0.6) is 0 Å². The van der Waals surface area contributed by atoms with Crippen molar-refractivity contribution in [3.8, 4) is 0 Å². The van der Waals surface area contributed by atoms with E-state index < -0.39 is 39.4 Å². The Hall–Kier alpha value is -1.64. The molecule has 1 atom stereocenters. The van der Waals surface area contributed by atoms with Crippen molar-refractivity contribution in [3.05, 3.63) is 0 Å². The minimum absolute atomic E-state index is 0.180. The van der Waals surface area contributed by atoms with E-state index in [1.54, 1.807) is 0 Å². The molecule has 0 saturated carbocycles. The van der Waals surface area contributed by atoms with Gasteiger partial charge in [0.2, 0.25) is 11.8 Å². The Morgan fingerprint density at radius 2 is 1.88 bits per heavy atom. The average Bonchev–Trinajstić information content (AvgIpc) is 2.08. The van der Waals surface area contributed by atoms with Gasteiger partial charge >= 0.3 is 5.97 Å². The van der Waals surface area contributed by atoms with Crippen LogP contribution in [0.4, 0.5) is 0 Å². The van der Waals surface area contributed by atoms with Gasteiger partial charge in [-0.25, -0.2) is 13.2 Å². The molecule has 0 aliphatic carbocycles. The third-order valence-electron chi connectivity index (χ3n) is 1.71. The second-order valence-corrected chi connectivity index (χ2v) is 5.67. The number of carboxylic acid groups (broad SMARTS) is 1. The quantitative estimate of drug-likeness (QED) is 0.480. The van der Waals surface area contributed by atoms with Crippen LogP contribution >= 0.6 is 0 Å². The number of carboxylic acids is 1. The van der Waals surface area contributed by atoms with Gasteiger partial charge in [-0.3, -0.25) is 9.59 Å². The summed E-state index contributed by atoms with van der Waals surface area (Å²) in [7, 11) is -3.52. The molecular weight excluding hydrogens is 252 g/mol. The Morgan fingerprint density at radius 3 is 2.24 bits per heavy atom. The second-order valence-electron chi connectivity index (χ2n) is 3.53. The Balaban J connectivity index is 4.40. The standard InChI is InChI=1S/C8H14N2O6S/c1-17(15,16)4-7(12)10-5(8(13)14)2-3-6(9)11/h5H,2-4H2,1H3,(H2,9,11)(H,10,12)(H,13,14)/t5-/m1/s1. The summed E-state index contributed by atoms with van der Waals surface area (Å²) in [5, 5.41) is 10.7. The highest BCUT2D eigenvalue weighted by atomic mass is 32.2. The monoisotopic (exact) mass is 266 g/mol. The molecule has 0 unspecified atom stereocenters. The summed E-state index contributed by atoms with van der Waals surface area (Å²) >= 11 is 0. The molecule has 0 spiro atoms. The summed E-state index contributed by atoms with van der Waals surface area (Å²) in [5.41, 5.74) is 4.83. The molecule has 0 aliphatic rings. The molecule has 0 aliphatic heterocycles. The van der Waals surface area contributed by atoms with Crippen molar-refractivity contribution in [2.45, 2.75) is 18.9 Å². The van der Waals surface area contributed by atoms with E-state index in [1.807, 2.05) is 5.32 Å². The molecule has 0 bridgehead atoms. The summed E-state index contributed by atoms with van der Waals surface area (Å²) in [6.07, 6.45) is 0.460. The smallest absolute Gasteiger partial charge is 0.326 e. The Bertz CT molecular complexity index is 416. The maximum atomic E-state index is 11.1. The molecule has 2 amide bonds. The molecular formula is C8H14N2O6S. The zero-order valence-electron chi connectivity index (χ0n) is 9.17. The number of sulfone groups is 1. The van der Waals surface area contributed by atoms with Crippen LogP contribution in [0.15, 0.2) is 0 Å². The number of nitrogens with one attached hydrogen (secondary N) is 1. The normalized spacial score (nSPS) is 12.8. The zero-order valence-corrected chi connectivity index (χ0v) is 9.99. The number of hydrogen-bond donors (Lipinski definition) is 3. The van der Waals surface area contributed by atoms with Gasteiger partial charge in [-0.2, -0.15) is 0 Å². The molecule has 0 aromatic rings. The first kappa shape index (κ1) is 15.4. The fourth-order valence-electron chi connectivity index (χ4n) is 1.02. The SMILES string of the molecule is CS(=O)(=O)CC(=O)N[C@H](CCC(N)=O)C(=O)O. The Kier molecular flexibility index (Phi) is 5.59. The summed E-state index contributed by atoms with van der Waals surface area (Å²) in [5.74, 6) is -3.78. The maximum Gasteiger partial charge on any atom is 0.326 e. The van der Waals surface area contributed by atoms with Crippen LogP contribution in [0.3, 0.4) is 0 Å². The lowest BCUT2D eigenvalue weighted by Gasteiger charge is -2.13. The van der Waals surface area contributed by atoms with Crippen LogP contribution in [0.25, 0.3) is 0 Å². The number of primary amides is 1. The summed E-state index contributed by atoms with van der Waals surface area (Å²) in [6.45, 7) is 0. The fourth-order valence-corrected chi connectivity index (χ4v) is 1.58. The van der Waals surface area contributed by atoms with E-state index in [0.717, 1.165) is 6.26 Å². The van der Waals surface area contributed by atoms with Gasteiger partial charge in [-0.15, -0.1) is 0 Å². The van der Waals surface area contributed by atoms with E-state index in [1.165, 1.54) is 0 Å². The summed E-state index contributed by atoms with van der Waals surface area (Å²) in [6, 6.07) is -1.32. The van der Waals surface area contributed by atoms with Gasteiger partial charge in [0.1, 0.15) is 11.8 Å². The van der Waals surface area contributed by atoms with Crippen LogP contribution < -0.4 is 11.1 Å². The van der Waals surface area contributed by atoms with Crippen LogP contribution in [-0.2, 0) is 24.2 Å². The Labute approximate surface area is 98.1 Å². The highest BCUT2D eigenvalue weighted by Crippen LogP contribution is 1.98. The second kappa shape index (κ2) is 6.18. The molecule has 17 heavy (non-hydrogen) atoms. The molecule has 8 nitrogen and oxygen atoms in total. The van der Waals surface area contributed by atoms with E-state index in [-0.39, 0.29) is 12.8 Å². The third-order valence-corrected chi connectivity index (χ3v) is 2.49. The number of amides is 2. The van der Waals surface area contributed by atoms with Gasteiger partial charge in [0.05, 0.1) is 0 Å². The van der Waals surface area contributed by atoms with Crippen LogP contribution in [0.1, 0.15) is 12.8 Å². The van der Waals surface area contributed by atoms with Gasteiger partial charge in [0.15, 0.2) is 9.84 Å². The van der Waals surface area contributed by atoms with Crippen molar-refractivity contribution in [2.75, 3.05) is 12.0 Å². The first-order valence-corrected chi connectivity index (χ1v) is 6.66. The maximum absolute atomic E-state index is 11.1. The van der Waals surface area contributed by atoms with E-state index >= 15 is 0 Å². The first-order chi connectivity index (χ1) is 7.61. The summed E-state index contributed by atoms with van der Waals surface area (Å²) < 4.78 is 21.6. The average molecular weight is 266 g/mol. The lowest BCUT2D eigenvalue weighted by Crippen LogP contribution is -2.43. The van der Waals surface area contributed by atoms with Crippen molar-refractivity contribution in [2.24, 2.45) is 5.73 Å². The minimum Gasteiger partial charge on any atom is -0.480 e. The molecule has 0 fully saturated rings. The largest absolute Gasteiger partial charge is 0.480 e. The first-order valence-electron chi connectivity index (χ1n) is 4.60. The van der Waals surface area contributed by atoms with Gasteiger partial charge in [-0.05, 0) is 6.42 Å². The fraction of sp³-hybridized carbons (Fsp3) is 0.625. The molecule has 0 heterocycles. The zero-order chi connectivity index (χ0) is 13.6. The number of aliphatic carboxylic acids is 1. The molecule has 98 valence electrons. The molecule has 0 aromatic carbocycles. The van der Waals surface area contributed by atoms with Gasteiger partial charge < -0.3 is 16.2 Å². The van der Waals surface area contributed by atoms with Crippen molar-refractivity contribution in [1.82, 2.24) is 5.32 Å². The number of nitrogens with two attached hydrogens (primary N) is 1. The molecule has 9 heteroatoms. The predicted molar refractivity (Wildman–Crippen MR) is 57.7 cm³/mol. The highest BCUT2D eigenvalue weighted by Gasteiger charge is 2.22. The number of hydrogen-bond acceptors (Lipinski definition) is 5. The van der Waals surface area contributed by atoms with E-state index in [2.05, 4.69) is 0 Å². The molecule has 0 radical (unpaired) electrons. The molecule has 0 aromatic heterocycles. The van der Waals surface area contributed by atoms with Crippen molar-refractivity contribution in [3.63, 3.8) is 0 Å². The molecule has 4 N–H and O–H groups in total. The van der Waals surface area contributed by atoms with Crippen molar-refractivity contribution in [1.29, 1.82) is 0 Å². The van der Waals surface area contributed by atoms with Gasteiger partial charge in [0, 0.05) is 12.7 Å².